The van der Waals surface area contributed by atoms with E-state index in [-0.39, 0.29) is 29.2 Å². The number of rotatable bonds is 6. The van der Waals surface area contributed by atoms with E-state index in [0.717, 1.165) is 33.4 Å². The van der Waals surface area contributed by atoms with Crippen LogP contribution in [0.1, 0.15) is 34.2 Å². The number of Topliss-reactive ketones (excluding diaryl/α,β-unsaturated/α-hetero) is 1. The average molecular weight is 544 g/mol. The molecule has 0 atom stereocenters. The summed E-state index contributed by atoms with van der Waals surface area (Å²) in [6.07, 6.45) is 6.15. The molecule has 1 aliphatic rings. The molecule has 0 bridgehead atoms. The molecule has 40 heavy (non-hydrogen) atoms. The van der Waals surface area contributed by atoms with E-state index in [0.29, 0.717) is 25.3 Å². The predicted octanol–water partition coefficient (Wildman–Crippen LogP) is 4.09. The summed E-state index contributed by atoms with van der Waals surface area (Å²) in [5.74, 6) is -4.95. The lowest BCUT2D eigenvalue weighted by Crippen LogP contribution is -2.40. The second-order valence-electron chi connectivity index (χ2n) is 9.47. The molecule has 0 radical (unpaired) electrons. The summed E-state index contributed by atoms with van der Waals surface area (Å²) in [5.41, 5.74) is 4.29. The van der Waals surface area contributed by atoms with Crippen molar-refractivity contribution in [1.29, 1.82) is 0 Å². The number of aromatic amines is 1. The lowest BCUT2D eigenvalue weighted by molar-refractivity contribution is -0.127. The van der Waals surface area contributed by atoms with Crippen molar-refractivity contribution in [2.75, 3.05) is 13.7 Å². The summed E-state index contributed by atoms with van der Waals surface area (Å²) in [5, 5.41) is 4.13. The molecule has 1 aliphatic heterocycles. The molecule has 1 aromatic carbocycles. The molecule has 0 saturated carbocycles. The van der Waals surface area contributed by atoms with Crippen LogP contribution in [0.3, 0.4) is 0 Å². The smallest absolute Gasteiger partial charge is 0.305 e. The minimum Gasteiger partial charge on any atom is -0.494 e. The number of ether oxygens (including phenoxy) is 1. The fraction of sp³-hybridized carbons (Fsp3) is 0.214. The van der Waals surface area contributed by atoms with Gasteiger partial charge in [0, 0.05) is 38.0 Å². The van der Waals surface area contributed by atoms with Crippen molar-refractivity contribution in [3.05, 3.63) is 83.8 Å². The summed E-state index contributed by atoms with van der Waals surface area (Å²) in [4.78, 5) is 43.8. The van der Waals surface area contributed by atoms with Gasteiger partial charge in [-0.2, -0.15) is 8.78 Å². The van der Waals surface area contributed by atoms with Crippen molar-refractivity contribution < 1.29 is 23.1 Å². The van der Waals surface area contributed by atoms with Crippen molar-refractivity contribution in [2.24, 2.45) is 0 Å². The first kappa shape index (κ1) is 25.3. The number of pyridine rings is 2. The number of nitrogens with one attached hydrogen (secondary N) is 1. The lowest BCUT2D eigenvalue weighted by atomic mass is 9.92. The maximum atomic E-state index is 13.7. The van der Waals surface area contributed by atoms with E-state index in [9.17, 15) is 18.4 Å². The standard InChI is InChI=1S/C28H23F2N7O3/c1-28(29,30)27-34-15-37(35-27)25-23-22(21(40-2)13-33-25)19(12-32-23)24(38)26(39)36-11-9-17-16(14-36)6-5-7-18(17)20-8-3-4-10-31-20/h3-8,10,12-13,15,32H,9,11,14H2,1-2H3. The van der Waals surface area contributed by atoms with Crippen LogP contribution < -0.4 is 4.74 Å². The Hall–Kier alpha value is -5.00. The Bertz CT molecular complexity index is 1760. The molecule has 0 aliphatic carbocycles. The van der Waals surface area contributed by atoms with Crippen LogP contribution >= 0.6 is 0 Å². The molecule has 10 nitrogen and oxygen atoms in total. The lowest BCUT2D eigenvalue weighted by Gasteiger charge is -2.29. The van der Waals surface area contributed by atoms with Crippen LogP contribution in [0.15, 0.2) is 61.3 Å². The molecule has 0 fully saturated rings. The maximum absolute atomic E-state index is 13.7. The Kier molecular flexibility index (Phi) is 6.09. The number of carbonyl (C=O) groups is 2. The van der Waals surface area contributed by atoms with E-state index in [1.54, 1.807) is 6.20 Å². The molecule has 5 heterocycles. The monoisotopic (exact) mass is 543 g/mol. The number of alkyl halides is 2. The number of methoxy groups -OCH3 is 1. The van der Waals surface area contributed by atoms with Crippen molar-refractivity contribution in [2.45, 2.75) is 25.8 Å². The number of ketones is 1. The SMILES string of the molecule is COc1cnc(-n2cnc(C(C)(F)F)n2)c2[nH]cc(C(=O)C(=O)N3CCc4c(cccc4-c4ccccn4)C3)c12. The van der Waals surface area contributed by atoms with Gasteiger partial charge in [0.05, 0.1) is 35.5 Å². The summed E-state index contributed by atoms with van der Waals surface area (Å²) in [7, 11) is 1.41. The highest BCUT2D eigenvalue weighted by atomic mass is 19.3. The number of halogens is 2. The highest BCUT2D eigenvalue weighted by Crippen LogP contribution is 2.34. The third kappa shape index (κ3) is 4.27. The number of amides is 1. The first-order valence-corrected chi connectivity index (χ1v) is 12.5. The minimum absolute atomic E-state index is 0.0784. The molecular weight excluding hydrogens is 520 g/mol. The van der Waals surface area contributed by atoms with Gasteiger partial charge in [0.2, 0.25) is 5.82 Å². The molecule has 0 saturated heterocycles. The van der Waals surface area contributed by atoms with Crippen LogP contribution in [-0.4, -0.2) is 60.0 Å². The van der Waals surface area contributed by atoms with Gasteiger partial charge < -0.3 is 14.6 Å². The third-order valence-corrected chi connectivity index (χ3v) is 6.91. The average Bonchev–Trinajstić information content (AvgIpc) is 3.64. The molecule has 4 aromatic heterocycles. The van der Waals surface area contributed by atoms with Gasteiger partial charge in [-0.15, -0.1) is 5.10 Å². The highest BCUT2D eigenvalue weighted by molar-refractivity contribution is 6.45. The Morgan fingerprint density at radius 2 is 1.95 bits per heavy atom. The van der Waals surface area contributed by atoms with E-state index in [1.807, 2.05) is 36.4 Å². The Balaban J connectivity index is 1.32. The molecule has 1 amide bonds. The summed E-state index contributed by atoms with van der Waals surface area (Å²) in [6, 6.07) is 11.6. The zero-order chi connectivity index (χ0) is 28.0. The van der Waals surface area contributed by atoms with Gasteiger partial charge in [0.1, 0.15) is 12.1 Å². The molecule has 5 aromatic rings. The summed E-state index contributed by atoms with van der Waals surface area (Å²) >= 11 is 0. The number of fused-ring (bicyclic) bond motifs is 2. The zero-order valence-electron chi connectivity index (χ0n) is 21.6. The fourth-order valence-corrected chi connectivity index (χ4v) is 4.98. The topological polar surface area (TPSA) is 119 Å². The number of nitrogens with zero attached hydrogens (tertiary/aromatic N) is 6. The first-order chi connectivity index (χ1) is 19.3. The number of carbonyl (C=O) groups excluding carboxylic acids is 2. The van der Waals surface area contributed by atoms with Crippen LogP contribution in [0.4, 0.5) is 8.78 Å². The number of benzene rings is 1. The Morgan fingerprint density at radius 3 is 2.67 bits per heavy atom. The maximum Gasteiger partial charge on any atom is 0.305 e. The van der Waals surface area contributed by atoms with Crippen molar-refractivity contribution in [3.8, 4) is 22.8 Å². The van der Waals surface area contributed by atoms with Crippen LogP contribution in [0.5, 0.6) is 5.75 Å². The molecule has 0 unspecified atom stereocenters. The minimum atomic E-state index is -3.24. The Labute approximate surface area is 226 Å². The van der Waals surface area contributed by atoms with E-state index >= 15 is 0 Å². The van der Waals surface area contributed by atoms with Crippen molar-refractivity contribution >= 4 is 22.6 Å². The molecule has 1 N–H and O–H groups in total. The van der Waals surface area contributed by atoms with Gasteiger partial charge >= 0.3 is 5.92 Å². The van der Waals surface area contributed by atoms with Gasteiger partial charge in [-0.25, -0.2) is 14.6 Å². The normalized spacial score (nSPS) is 13.3. The number of aromatic nitrogens is 6. The largest absolute Gasteiger partial charge is 0.494 e. The van der Waals surface area contributed by atoms with E-state index in [1.165, 1.54) is 24.4 Å². The van der Waals surface area contributed by atoms with Gasteiger partial charge in [-0.1, -0.05) is 24.3 Å². The van der Waals surface area contributed by atoms with Gasteiger partial charge in [0.15, 0.2) is 5.82 Å². The molecular formula is C28H23F2N7O3. The van der Waals surface area contributed by atoms with E-state index < -0.39 is 23.4 Å². The zero-order valence-corrected chi connectivity index (χ0v) is 21.6. The third-order valence-electron chi connectivity index (χ3n) is 6.91. The fourth-order valence-electron chi connectivity index (χ4n) is 4.98. The van der Waals surface area contributed by atoms with E-state index in [2.05, 4.69) is 25.0 Å². The second-order valence-corrected chi connectivity index (χ2v) is 9.47. The molecule has 202 valence electrons. The van der Waals surface area contributed by atoms with Crippen LogP contribution in [0.25, 0.3) is 28.0 Å². The molecule has 6 rings (SSSR count). The number of hydrogen-bond acceptors (Lipinski definition) is 7. The van der Waals surface area contributed by atoms with E-state index in [4.69, 9.17) is 4.74 Å². The Morgan fingerprint density at radius 1 is 1.10 bits per heavy atom. The van der Waals surface area contributed by atoms with Gasteiger partial charge in [-0.05, 0) is 29.7 Å². The van der Waals surface area contributed by atoms with Crippen molar-refractivity contribution in [3.63, 3.8) is 0 Å². The number of H-pyrrole nitrogens is 1. The predicted molar refractivity (Wildman–Crippen MR) is 140 cm³/mol. The molecule has 0 spiro atoms. The summed E-state index contributed by atoms with van der Waals surface area (Å²) in [6.45, 7) is 1.33. The van der Waals surface area contributed by atoms with Crippen LogP contribution in [0.2, 0.25) is 0 Å². The first-order valence-electron chi connectivity index (χ1n) is 12.5. The van der Waals surface area contributed by atoms with Crippen molar-refractivity contribution in [1.82, 2.24) is 34.6 Å². The highest BCUT2D eigenvalue weighted by Gasteiger charge is 2.32. The van der Waals surface area contributed by atoms with Gasteiger partial charge in [-0.3, -0.25) is 14.6 Å². The van der Waals surface area contributed by atoms with Crippen LogP contribution in [0, 0.1) is 0 Å². The molecule has 12 heteroatoms. The van der Waals surface area contributed by atoms with Crippen LogP contribution in [-0.2, 0) is 23.7 Å². The second kappa shape index (κ2) is 9.63. The number of hydrogen-bond donors (Lipinski definition) is 1. The van der Waals surface area contributed by atoms with Gasteiger partial charge in [0.25, 0.3) is 11.7 Å². The summed E-state index contributed by atoms with van der Waals surface area (Å²) < 4.78 is 33.9. The quantitative estimate of drug-likeness (QED) is 0.253.